The Labute approximate surface area is 86.1 Å². The van der Waals surface area contributed by atoms with Gasteiger partial charge >= 0.3 is 0 Å². The molecule has 1 fully saturated rings. The molecule has 1 saturated carbocycles. The first-order valence-electron chi connectivity index (χ1n) is 5.58. The third-order valence-electron chi connectivity index (χ3n) is 3.17. The molecule has 1 unspecified atom stereocenters. The van der Waals surface area contributed by atoms with Gasteiger partial charge in [0.05, 0.1) is 11.7 Å². The molecule has 1 atom stereocenters. The fourth-order valence-corrected chi connectivity index (χ4v) is 2.19. The van der Waals surface area contributed by atoms with Crippen molar-refractivity contribution in [2.45, 2.75) is 56.7 Å². The van der Waals surface area contributed by atoms with Gasteiger partial charge in [0, 0.05) is 13.7 Å². The van der Waals surface area contributed by atoms with Crippen LogP contribution in [0.4, 0.5) is 0 Å². The standard InChI is InChI=1S/C11H22O3/c1-14-9-5-6-10(12)11(13)7-3-2-4-8-11/h10,12-13H,2-9H2,1H3. The number of rotatable bonds is 5. The van der Waals surface area contributed by atoms with Crippen molar-refractivity contribution in [3.8, 4) is 0 Å². The van der Waals surface area contributed by atoms with Gasteiger partial charge in [0.1, 0.15) is 0 Å². The quantitative estimate of drug-likeness (QED) is 0.664. The fraction of sp³-hybridized carbons (Fsp3) is 1.00. The summed E-state index contributed by atoms with van der Waals surface area (Å²) >= 11 is 0. The zero-order valence-electron chi connectivity index (χ0n) is 9.04. The molecule has 0 bridgehead atoms. The van der Waals surface area contributed by atoms with Crippen LogP contribution in [0.2, 0.25) is 0 Å². The Bertz CT molecular complexity index is 153. The van der Waals surface area contributed by atoms with Crippen molar-refractivity contribution in [1.29, 1.82) is 0 Å². The summed E-state index contributed by atoms with van der Waals surface area (Å²) in [6.07, 6.45) is 5.66. The highest BCUT2D eigenvalue weighted by Crippen LogP contribution is 2.32. The van der Waals surface area contributed by atoms with Crippen LogP contribution in [0, 0.1) is 0 Å². The minimum Gasteiger partial charge on any atom is -0.390 e. The number of aliphatic hydroxyl groups is 2. The van der Waals surface area contributed by atoms with Gasteiger partial charge in [0.2, 0.25) is 0 Å². The molecule has 0 radical (unpaired) electrons. The van der Waals surface area contributed by atoms with E-state index in [1.54, 1.807) is 7.11 Å². The summed E-state index contributed by atoms with van der Waals surface area (Å²) in [7, 11) is 1.65. The largest absolute Gasteiger partial charge is 0.390 e. The minimum atomic E-state index is -0.814. The highest BCUT2D eigenvalue weighted by atomic mass is 16.5. The second-order valence-corrected chi connectivity index (χ2v) is 4.32. The van der Waals surface area contributed by atoms with E-state index in [1.807, 2.05) is 0 Å². The Kier molecular flexibility index (Phi) is 4.85. The van der Waals surface area contributed by atoms with Gasteiger partial charge in [-0.15, -0.1) is 0 Å². The van der Waals surface area contributed by atoms with Crippen molar-refractivity contribution in [2.75, 3.05) is 13.7 Å². The Morgan fingerprint density at radius 1 is 1.29 bits per heavy atom. The Morgan fingerprint density at radius 3 is 2.50 bits per heavy atom. The molecular formula is C11H22O3. The Balaban J connectivity index is 2.29. The van der Waals surface area contributed by atoms with E-state index >= 15 is 0 Å². The molecule has 3 heteroatoms. The molecule has 1 rings (SSSR count). The number of hydrogen-bond donors (Lipinski definition) is 2. The van der Waals surface area contributed by atoms with Crippen LogP contribution >= 0.6 is 0 Å². The van der Waals surface area contributed by atoms with E-state index in [0.29, 0.717) is 13.0 Å². The molecule has 0 saturated heterocycles. The first-order chi connectivity index (χ1) is 6.69. The van der Waals surface area contributed by atoms with Gasteiger partial charge in [-0.2, -0.15) is 0 Å². The van der Waals surface area contributed by atoms with E-state index in [2.05, 4.69) is 0 Å². The van der Waals surface area contributed by atoms with Crippen LogP contribution in [0.1, 0.15) is 44.9 Å². The molecule has 0 spiro atoms. The van der Waals surface area contributed by atoms with Crippen LogP contribution in [0.5, 0.6) is 0 Å². The SMILES string of the molecule is COCCCC(O)C1(O)CCCCC1. The number of hydrogen-bond acceptors (Lipinski definition) is 3. The lowest BCUT2D eigenvalue weighted by Crippen LogP contribution is -2.43. The maximum atomic E-state index is 10.1. The molecule has 14 heavy (non-hydrogen) atoms. The van der Waals surface area contributed by atoms with Gasteiger partial charge in [-0.1, -0.05) is 19.3 Å². The molecule has 0 heterocycles. The molecule has 1 aliphatic carbocycles. The summed E-state index contributed by atoms with van der Waals surface area (Å²) in [5.41, 5.74) is -0.814. The van der Waals surface area contributed by atoms with E-state index in [-0.39, 0.29) is 0 Å². The summed E-state index contributed by atoms with van der Waals surface area (Å²) in [5.74, 6) is 0. The summed E-state index contributed by atoms with van der Waals surface area (Å²) < 4.78 is 4.92. The average molecular weight is 202 g/mol. The number of methoxy groups -OCH3 is 1. The van der Waals surface area contributed by atoms with Crippen LogP contribution in [-0.4, -0.2) is 35.6 Å². The number of aliphatic hydroxyl groups excluding tert-OH is 1. The Hall–Kier alpha value is -0.120. The predicted molar refractivity (Wildman–Crippen MR) is 55.2 cm³/mol. The lowest BCUT2D eigenvalue weighted by Gasteiger charge is -2.36. The third kappa shape index (κ3) is 3.23. The van der Waals surface area contributed by atoms with Gasteiger partial charge in [0.15, 0.2) is 0 Å². The van der Waals surface area contributed by atoms with Crippen molar-refractivity contribution in [2.24, 2.45) is 0 Å². The smallest absolute Gasteiger partial charge is 0.0905 e. The van der Waals surface area contributed by atoms with E-state index in [9.17, 15) is 10.2 Å². The van der Waals surface area contributed by atoms with Crippen LogP contribution in [-0.2, 0) is 4.74 Å². The molecule has 0 aromatic heterocycles. The predicted octanol–water partition coefficient (Wildman–Crippen LogP) is 1.47. The second kappa shape index (κ2) is 5.69. The third-order valence-corrected chi connectivity index (χ3v) is 3.17. The molecule has 84 valence electrons. The molecule has 2 N–H and O–H groups in total. The normalized spacial score (nSPS) is 23.4. The van der Waals surface area contributed by atoms with E-state index in [4.69, 9.17) is 4.74 Å². The molecule has 3 nitrogen and oxygen atoms in total. The zero-order chi connectivity index (χ0) is 10.4. The maximum Gasteiger partial charge on any atom is 0.0905 e. The summed E-state index contributed by atoms with van der Waals surface area (Å²) in [6, 6.07) is 0. The van der Waals surface area contributed by atoms with Crippen molar-refractivity contribution in [1.82, 2.24) is 0 Å². The van der Waals surface area contributed by atoms with Gasteiger partial charge < -0.3 is 14.9 Å². The zero-order valence-corrected chi connectivity index (χ0v) is 9.04. The monoisotopic (exact) mass is 202 g/mol. The van der Waals surface area contributed by atoms with E-state index in [1.165, 1.54) is 6.42 Å². The van der Waals surface area contributed by atoms with Crippen LogP contribution in [0.15, 0.2) is 0 Å². The first-order valence-corrected chi connectivity index (χ1v) is 5.58. The van der Waals surface area contributed by atoms with Crippen molar-refractivity contribution in [3.05, 3.63) is 0 Å². The lowest BCUT2D eigenvalue weighted by molar-refractivity contribution is -0.101. The average Bonchev–Trinajstić information content (AvgIpc) is 2.19. The van der Waals surface area contributed by atoms with Crippen LogP contribution in [0.25, 0.3) is 0 Å². The Morgan fingerprint density at radius 2 is 1.93 bits per heavy atom. The summed E-state index contributed by atoms with van der Waals surface area (Å²) in [6.45, 7) is 0.660. The maximum absolute atomic E-state index is 10.1. The first kappa shape index (κ1) is 12.0. The second-order valence-electron chi connectivity index (χ2n) is 4.32. The van der Waals surface area contributed by atoms with Gasteiger partial charge in [-0.25, -0.2) is 0 Å². The summed E-state index contributed by atoms with van der Waals surface area (Å²) in [5, 5.41) is 20.0. The molecule has 0 aromatic rings. The number of ether oxygens (including phenoxy) is 1. The molecular weight excluding hydrogens is 180 g/mol. The lowest BCUT2D eigenvalue weighted by atomic mass is 9.79. The minimum absolute atomic E-state index is 0.571. The van der Waals surface area contributed by atoms with Crippen LogP contribution < -0.4 is 0 Å². The van der Waals surface area contributed by atoms with Crippen molar-refractivity contribution in [3.63, 3.8) is 0 Å². The van der Waals surface area contributed by atoms with Crippen molar-refractivity contribution < 1.29 is 14.9 Å². The molecule has 0 aliphatic heterocycles. The van der Waals surface area contributed by atoms with E-state index in [0.717, 1.165) is 32.1 Å². The van der Waals surface area contributed by atoms with E-state index < -0.39 is 11.7 Å². The topological polar surface area (TPSA) is 49.7 Å². The van der Waals surface area contributed by atoms with Gasteiger partial charge in [-0.05, 0) is 25.7 Å². The molecule has 0 aromatic carbocycles. The fourth-order valence-electron chi connectivity index (χ4n) is 2.19. The molecule has 0 amide bonds. The summed E-state index contributed by atoms with van der Waals surface area (Å²) in [4.78, 5) is 0. The van der Waals surface area contributed by atoms with Gasteiger partial charge in [0.25, 0.3) is 0 Å². The van der Waals surface area contributed by atoms with Crippen molar-refractivity contribution >= 4 is 0 Å². The molecule has 1 aliphatic rings. The van der Waals surface area contributed by atoms with Crippen LogP contribution in [0.3, 0.4) is 0 Å². The highest BCUT2D eigenvalue weighted by molar-refractivity contribution is 4.88. The highest BCUT2D eigenvalue weighted by Gasteiger charge is 2.36. The van der Waals surface area contributed by atoms with Gasteiger partial charge in [-0.3, -0.25) is 0 Å².